The SMILES string of the molecule is CCOC(=O)c1nn(-c2ccc(OC)cc2)c2c1CCN(c1ccc(NO)cc1)C2=O. The van der Waals surface area contributed by atoms with E-state index in [1.165, 1.54) is 4.68 Å². The number of hydrogen-bond donors (Lipinski definition) is 2. The Kier molecular flexibility index (Phi) is 5.59. The fraction of sp³-hybridized carbons (Fsp3) is 0.227. The lowest BCUT2D eigenvalue weighted by atomic mass is 10.0. The molecule has 0 saturated carbocycles. The van der Waals surface area contributed by atoms with Crippen LogP contribution in [0.2, 0.25) is 0 Å². The second kappa shape index (κ2) is 8.49. The van der Waals surface area contributed by atoms with Gasteiger partial charge < -0.3 is 14.4 Å². The van der Waals surface area contributed by atoms with Gasteiger partial charge in [-0.25, -0.2) is 9.48 Å². The zero-order chi connectivity index (χ0) is 22.0. The number of fused-ring (bicyclic) bond motifs is 1. The van der Waals surface area contributed by atoms with E-state index in [2.05, 4.69) is 10.6 Å². The molecule has 0 atom stereocenters. The highest BCUT2D eigenvalue weighted by atomic mass is 16.5. The first-order valence-corrected chi connectivity index (χ1v) is 9.82. The second-order valence-electron chi connectivity index (χ2n) is 6.87. The van der Waals surface area contributed by atoms with Crippen LogP contribution in [-0.4, -0.2) is 47.1 Å². The van der Waals surface area contributed by atoms with Crippen LogP contribution in [0, 0.1) is 0 Å². The van der Waals surface area contributed by atoms with Gasteiger partial charge >= 0.3 is 5.97 Å². The molecule has 9 nitrogen and oxygen atoms in total. The predicted octanol–water partition coefficient (Wildman–Crippen LogP) is 3.06. The number of carbonyl (C=O) groups excluding carboxylic acids is 2. The summed E-state index contributed by atoms with van der Waals surface area (Å²) in [7, 11) is 1.57. The first-order chi connectivity index (χ1) is 15.1. The van der Waals surface area contributed by atoms with Gasteiger partial charge in [-0.3, -0.25) is 15.5 Å². The van der Waals surface area contributed by atoms with Gasteiger partial charge in [-0.1, -0.05) is 0 Å². The number of nitrogens with one attached hydrogen (secondary N) is 1. The maximum Gasteiger partial charge on any atom is 0.359 e. The summed E-state index contributed by atoms with van der Waals surface area (Å²) in [5, 5.41) is 13.5. The predicted molar refractivity (Wildman–Crippen MR) is 113 cm³/mol. The van der Waals surface area contributed by atoms with Gasteiger partial charge in [0.05, 0.1) is 25.1 Å². The number of nitrogens with zero attached hydrogens (tertiary/aromatic N) is 3. The summed E-state index contributed by atoms with van der Waals surface area (Å²) in [6.07, 6.45) is 0.450. The third kappa shape index (κ3) is 3.71. The van der Waals surface area contributed by atoms with Crippen molar-refractivity contribution in [3.05, 3.63) is 65.5 Å². The molecule has 1 amide bonds. The zero-order valence-corrected chi connectivity index (χ0v) is 17.2. The van der Waals surface area contributed by atoms with Crippen molar-refractivity contribution >= 4 is 23.3 Å². The number of hydrogen-bond acceptors (Lipinski definition) is 7. The fourth-order valence-electron chi connectivity index (χ4n) is 3.60. The molecule has 0 unspecified atom stereocenters. The van der Waals surface area contributed by atoms with Crippen molar-refractivity contribution in [2.45, 2.75) is 13.3 Å². The largest absolute Gasteiger partial charge is 0.497 e. The number of amides is 1. The Morgan fingerprint density at radius 3 is 2.42 bits per heavy atom. The van der Waals surface area contributed by atoms with Crippen LogP contribution in [0.4, 0.5) is 11.4 Å². The lowest BCUT2D eigenvalue weighted by molar-refractivity contribution is 0.0517. The van der Waals surface area contributed by atoms with Gasteiger partial charge in [-0.15, -0.1) is 0 Å². The number of carbonyl (C=O) groups is 2. The highest BCUT2D eigenvalue weighted by Crippen LogP contribution is 2.30. The minimum absolute atomic E-state index is 0.153. The van der Waals surface area contributed by atoms with Crippen molar-refractivity contribution in [1.29, 1.82) is 0 Å². The zero-order valence-electron chi connectivity index (χ0n) is 17.2. The maximum atomic E-state index is 13.5. The molecule has 160 valence electrons. The van der Waals surface area contributed by atoms with Crippen LogP contribution in [0.1, 0.15) is 33.5 Å². The smallest absolute Gasteiger partial charge is 0.359 e. The number of aromatic nitrogens is 2. The first-order valence-electron chi connectivity index (χ1n) is 9.82. The quantitative estimate of drug-likeness (QED) is 0.464. The minimum Gasteiger partial charge on any atom is -0.497 e. The molecule has 0 aliphatic carbocycles. The lowest BCUT2D eigenvalue weighted by Crippen LogP contribution is -2.39. The molecule has 2 N–H and O–H groups in total. The summed E-state index contributed by atoms with van der Waals surface area (Å²) >= 11 is 0. The van der Waals surface area contributed by atoms with Crippen LogP contribution in [0.15, 0.2) is 48.5 Å². The number of methoxy groups -OCH3 is 1. The van der Waals surface area contributed by atoms with E-state index in [9.17, 15) is 9.59 Å². The van der Waals surface area contributed by atoms with E-state index >= 15 is 0 Å². The molecule has 2 aromatic carbocycles. The molecule has 9 heteroatoms. The highest BCUT2D eigenvalue weighted by molar-refractivity contribution is 6.09. The van der Waals surface area contributed by atoms with E-state index in [4.69, 9.17) is 14.7 Å². The van der Waals surface area contributed by atoms with E-state index < -0.39 is 5.97 Å². The average molecular weight is 422 g/mol. The summed E-state index contributed by atoms with van der Waals surface area (Å²) in [4.78, 5) is 27.6. The van der Waals surface area contributed by atoms with Crippen LogP contribution in [0.5, 0.6) is 5.75 Å². The number of benzene rings is 2. The van der Waals surface area contributed by atoms with E-state index in [-0.39, 0.29) is 18.2 Å². The van der Waals surface area contributed by atoms with E-state index in [1.807, 2.05) is 0 Å². The van der Waals surface area contributed by atoms with Gasteiger partial charge in [0.15, 0.2) is 5.69 Å². The van der Waals surface area contributed by atoms with Crippen LogP contribution >= 0.6 is 0 Å². The summed E-state index contributed by atoms with van der Waals surface area (Å²) in [6.45, 7) is 2.33. The molecule has 0 radical (unpaired) electrons. The van der Waals surface area contributed by atoms with Gasteiger partial charge in [0.1, 0.15) is 11.4 Å². The van der Waals surface area contributed by atoms with Crippen molar-refractivity contribution in [2.24, 2.45) is 0 Å². The Bertz CT molecular complexity index is 1110. The van der Waals surface area contributed by atoms with E-state index in [1.54, 1.807) is 67.5 Å². The number of anilines is 2. The molecule has 1 aromatic heterocycles. The number of esters is 1. The van der Waals surface area contributed by atoms with Crippen molar-refractivity contribution in [3.8, 4) is 11.4 Å². The summed E-state index contributed by atoms with van der Waals surface area (Å²) in [5.41, 5.74) is 4.94. The molecule has 0 bridgehead atoms. The fourth-order valence-corrected chi connectivity index (χ4v) is 3.60. The molecule has 0 spiro atoms. The van der Waals surface area contributed by atoms with Crippen molar-refractivity contribution in [1.82, 2.24) is 9.78 Å². The number of ether oxygens (including phenoxy) is 2. The van der Waals surface area contributed by atoms with E-state index in [0.717, 1.165) is 0 Å². The summed E-state index contributed by atoms with van der Waals surface area (Å²) in [6, 6.07) is 13.9. The Hall–Kier alpha value is -3.85. The molecule has 0 fully saturated rings. The number of rotatable bonds is 6. The average Bonchev–Trinajstić information content (AvgIpc) is 3.20. The highest BCUT2D eigenvalue weighted by Gasteiger charge is 2.35. The molecule has 3 aromatic rings. The van der Waals surface area contributed by atoms with Crippen LogP contribution in [-0.2, 0) is 11.2 Å². The minimum atomic E-state index is -0.550. The van der Waals surface area contributed by atoms with Crippen LogP contribution in [0.3, 0.4) is 0 Å². The van der Waals surface area contributed by atoms with Crippen molar-refractivity contribution < 1.29 is 24.3 Å². The van der Waals surface area contributed by atoms with Crippen molar-refractivity contribution in [2.75, 3.05) is 30.6 Å². The Balaban J connectivity index is 1.80. The molecule has 1 aliphatic rings. The third-order valence-electron chi connectivity index (χ3n) is 5.11. The normalized spacial score (nSPS) is 13.0. The van der Waals surface area contributed by atoms with Gasteiger partial charge in [0.25, 0.3) is 5.91 Å². The Morgan fingerprint density at radius 1 is 1.13 bits per heavy atom. The Morgan fingerprint density at radius 2 is 1.81 bits per heavy atom. The van der Waals surface area contributed by atoms with Crippen LogP contribution in [0.25, 0.3) is 5.69 Å². The summed E-state index contributed by atoms with van der Waals surface area (Å²) < 4.78 is 11.9. The topological polar surface area (TPSA) is 106 Å². The van der Waals surface area contributed by atoms with Crippen LogP contribution < -0.4 is 15.1 Å². The van der Waals surface area contributed by atoms with Crippen molar-refractivity contribution in [3.63, 3.8) is 0 Å². The van der Waals surface area contributed by atoms with Gasteiger partial charge in [-0.05, 0) is 61.9 Å². The van der Waals surface area contributed by atoms with Gasteiger partial charge in [0.2, 0.25) is 0 Å². The monoisotopic (exact) mass is 422 g/mol. The molecule has 0 saturated heterocycles. The second-order valence-corrected chi connectivity index (χ2v) is 6.87. The Labute approximate surface area is 178 Å². The van der Waals surface area contributed by atoms with Gasteiger partial charge in [0, 0.05) is 17.8 Å². The molecule has 31 heavy (non-hydrogen) atoms. The summed E-state index contributed by atoms with van der Waals surface area (Å²) in [5.74, 6) is -0.156. The molecular weight excluding hydrogens is 400 g/mol. The molecular formula is C22H22N4O5. The molecule has 1 aliphatic heterocycles. The molecule has 2 heterocycles. The lowest BCUT2D eigenvalue weighted by Gasteiger charge is -2.28. The third-order valence-corrected chi connectivity index (χ3v) is 5.11. The molecule has 4 rings (SSSR count). The van der Waals surface area contributed by atoms with E-state index in [0.29, 0.717) is 47.0 Å². The first kappa shape index (κ1) is 20.4. The maximum absolute atomic E-state index is 13.5. The standard InChI is InChI=1S/C22H22N4O5/c1-3-31-22(28)19-18-12-13-25(15-6-4-14(24-29)5-7-15)21(27)20(18)26(23-19)16-8-10-17(30-2)11-9-16/h4-11,24,29H,3,12-13H2,1-2H3. The van der Waals surface area contributed by atoms with Gasteiger partial charge in [-0.2, -0.15) is 5.10 Å².